The van der Waals surface area contributed by atoms with Crippen LogP contribution in [0.1, 0.15) is 121 Å². The first-order valence-corrected chi connectivity index (χ1v) is 45.6. The van der Waals surface area contributed by atoms with Crippen LogP contribution < -0.4 is 59.3 Å². The van der Waals surface area contributed by atoms with E-state index in [1.54, 1.807) is 99.3 Å². The van der Waals surface area contributed by atoms with Gasteiger partial charge in [-0.1, -0.05) is 131 Å². The second kappa shape index (κ2) is 40.4. The fourth-order valence-corrected chi connectivity index (χ4v) is 17.5. The van der Waals surface area contributed by atoms with Gasteiger partial charge in [-0.2, -0.15) is 20.2 Å². The number of amides is 5. The molecule has 10 aromatic carbocycles. The highest BCUT2D eigenvalue weighted by atomic mass is 35.5. The van der Waals surface area contributed by atoms with Gasteiger partial charge in [0.2, 0.25) is 72.5 Å². The fraction of sp³-hybridized carbons (Fsp3) is 0.213. The summed E-state index contributed by atoms with van der Waals surface area (Å²) < 4.78 is 74.5. The van der Waals surface area contributed by atoms with Crippen molar-refractivity contribution >= 4 is 130 Å². The lowest BCUT2D eigenvalue weighted by Crippen LogP contribution is -2.24. The summed E-state index contributed by atoms with van der Waals surface area (Å²) in [7, 11) is -4.59. The van der Waals surface area contributed by atoms with E-state index in [4.69, 9.17) is 97.7 Å². The van der Waals surface area contributed by atoms with Gasteiger partial charge in [0, 0.05) is 139 Å². The average Bonchev–Trinajstić information content (AvgIpc) is 1.66. The maximum Gasteiger partial charge on any atom is 0.319 e. The highest BCUT2D eigenvalue weighted by Gasteiger charge is 2.37. The lowest BCUT2D eigenvalue weighted by atomic mass is 9.95. The van der Waals surface area contributed by atoms with E-state index in [0.29, 0.717) is 135 Å². The Morgan fingerprint density at radius 1 is 0.438 bits per heavy atom. The predicted molar refractivity (Wildman–Crippen MR) is 497 cm³/mol. The zero-order valence-corrected chi connectivity index (χ0v) is 76.4. The summed E-state index contributed by atoms with van der Waals surface area (Å²) in [5, 5.41) is 26.5. The number of halogens is 5. The van der Waals surface area contributed by atoms with E-state index < -0.39 is 26.0 Å². The molecule has 668 valence electrons. The van der Waals surface area contributed by atoms with Gasteiger partial charge in [-0.25, -0.2) is 32.1 Å². The zero-order valence-electron chi connectivity index (χ0n) is 71.0. The molecule has 13 aromatic rings. The minimum Gasteiger partial charge on any atom is -0.481 e. The van der Waals surface area contributed by atoms with Gasteiger partial charge in [0.15, 0.2) is 0 Å². The summed E-state index contributed by atoms with van der Waals surface area (Å²) in [6.45, 7) is 11.7. The average molecular weight is 1890 g/mol. The number of nitrogens with two attached hydrogens (primary N) is 3. The van der Waals surface area contributed by atoms with Crippen molar-refractivity contribution in [2.75, 3.05) is 60.0 Å². The van der Waals surface area contributed by atoms with E-state index in [2.05, 4.69) is 40.6 Å². The number of benzene rings is 10. The Morgan fingerprint density at radius 2 is 0.854 bits per heavy atom. The van der Waals surface area contributed by atoms with Gasteiger partial charge in [0.25, 0.3) is 0 Å². The Morgan fingerprint density at radius 3 is 1.27 bits per heavy atom. The molecule has 0 aliphatic carbocycles. The molecule has 4 aliphatic heterocycles. The molecular formula is C94H86Cl5N15O14S2. The van der Waals surface area contributed by atoms with Crippen LogP contribution in [0.25, 0.3) is 11.4 Å². The smallest absolute Gasteiger partial charge is 0.319 e. The number of hydrogen-bond donors (Lipinski definition) is 4. The maximum absolute atomic E-state index is 12.9. The van der Waals surface area contributed by atoms with Gasteiger partial charge >= 0.3 is 6.01 Å². The van der Waals surface area contributed by atoms with Crippen molar-refractivity contribution < 1.29 is 64.5 Å². The molecule has 4 fully saturated rings. The SMILES string of the molecule is COc1cc(Cc2cc([C@H]3CC(=O)N(c4ccc(S(N)(=O)=O)cc4)C3)ccc2Cl)nc(OC)n1.Cc1cc(Oc2cc([C@H]3CC(=O)N(c4ccc(S(N)(=O)=O)cc4)C3)ccc2Cl)nc(Cl)n1.Cc1cccc(C)c1Oc1cc([C@H]2CC(=O)N(c3cccc(-c4nn[nH]n4)c3)C2)ccc1Cl.Cc1cccc(C)c1Oc1cc([C@H]2CC(=O)N(c3cccc(C(N)=O)c3)C2)ccc1Cl. The number of carbonyl (C=O) groups is 5. The third-order valence-corrected chi connectivity index (χ3v) is 25.6. The minimum absolute atomic E-state index is 0.000212. The summed E-state index contributed by atoms with van der Waals surface area (Å²) >= 11 is 31.5. The fourth-order valence-electron chi connectivity index (χ4n) is 15.6. The molecule has 3 aromatic heterocycles. The number of ether oxygens (including phenoxy) is 5. The number of rotatable bonds is 22. The normalized spacial score (nSPS) is 16.0. The summed E-state index contributed by atoms with van der Waals surface area (Å²) in [4.78, 5) is 85.8. The van der Waals surface area contributed by atoms with E-state index in [1.165, 1.54) is 38.5 Å². The third-order valence-electron chi connectivity index (χ3n) is 22.2. The number of hydrogen-bond acceptors (Lipinski definition) is 21. The van der Waals surface area contributed by atoms with Crippen molar-refractivity contribution in [1.29, 1.82) is 0 Å². The number of nitrogens with zero attached hydrogens (tertiary/aromatic N) is 11. The van der Waals surface area contributed by atoms with Gasteiger partial charge in [-0.3, -0.25) is 24.0 Å². The number of aryl methyl sites for hydroxylation is 5. The zero-order chi connectivity index (χ0) is 92.6. The molecule has 130 heavy (non-hydrogen) atoms. The van der Waals surface area contributed by atoms with Crippen molar-refractivity contribution in [2.24, 2.45) is 16.0 Å². The number of anilines is 4. The number of aromatic nitrogens is 8. The van der Waals surface area contributed by atoms with Crippen LogP contribution in [-0.4, -0.2) is 127 Å². The lowest BCUT2D eigenvalue weighted by Gasteiger charge is -2.18. The van der Waals surface area contributed by atoms with Crippen molar-refractivity contribution in [3.05, 3.63) is 311 Å². The number of primary amides is 1. The van der Waals surface area contributed by atoms with Gasteiger partial charge in [0.1, 0.15) is 28.7 Å². The van der Waals surface area contributed by atoms with Gasteiger partial charge in [-0.15, -0.1) is 10.2 Å². The van der Waals surface area contributed by atoms with Crippen LogP contribution >= 0.6 is 58.0 Å². The van der Waals surface area contributed by atoms with Crippen LogP contribution in [-0.2, 0) is 45.6 Å². The molecule has 0 unspecified atom stereocenters. The highest BCUT2D eigenvalue weighted by Crippen LogP contribution is 2.44. The van der Waals surface area contributed by atoms with E-state index in [9.17, 15) is 40.8 Å². The molecule has 7 heterocycles. The highest BCUT2D eigenvalue weighted by molar-refractivity contribution is 7.89. The Kier molecular flexibility index (Phi) is 28.9. The minimum atomic E-state index is -3.80. The molecule has 0 radical (unpaired) electrons. The van der Waals surface area contributed by atoms with Crippen LogP contribution in [0.3, 0.4) is 0 Å². The van der Waals surface area contributed by atoms with Crippen LogP contribution in [0.4, 0.5) is 22.7 Å². The van der Waals surface area contributed by atoms with Crippen LogP contribution in [0.15, 0.2) is 228 Å². The Bertz CT molecular complexity index is 6650. The summed E-state index contributed by atoms with van der Waals surface area (Å²) in [5.74, 6) is 3.59. The van der Waals surface area contributed by atoms with Gasteiger partial charge in [-0.05, 0) is 223 Å². The quantitative estimate of drug-likeness (QED) is 0.0458. The van der Waals surface area contributed by atoms with E-state index in [0.717, 1.165) is 72.8 Å². The second-order valence-electron chi connectivity index (χ2n) is 31.2. The maximum atomic E-state index is 12.9. The third kappa shape index (κ3) is 22.5. The lowest BCUT2D eigenvalue weighted by molar-refractivity contribution is -0.118. The predicted octanol–water partition coefficient (Wildman–Crippen LogP) is 17.8. The molecule has 4 atom stereocenters. The summed E-state index contributed by atoms with van der Waals surface area (Å²) in [6.07, 6.45) is 1.83. The van der Waals surface area contributed by atoms with Crippen molar-refractivity contribution in [3.63, 3.8) is 0 Å². The molecule has 29 nitrogen and oxygen atoms in total. The van der Waals surface area contributed by atoms with Crippen molar-refractivity contribution in [2.45, 2.75) is 100 Å². The van der Waals surface area contributed by atoms with E-state index in [1.807, 2.05) is 149 Å². The molecule has 5 amide bonds. The van der Waals surface area contributed by atoms with Crippen molar-refractivity contribution in [1.82, 2.24) is 40.6 Å². The Labute approximate surface area is 774 Å². The number of carbonyl (C=O) groups excluding carboxylic acids is 5. The number of primary sulfonamides is 2. The number of H-pyrrole nitrogens is 1. The Balaban J connectivity index is 0.000000140. The van der Waals surface area contributed by atoms with Crippen LogP contribution in [0.5, 0.6) is 46.5 Å². The number of para-hydroxylation sites is 2. The van der Waals surface area contributed by atoms with Gasteiger partial charge < -0.3 is 49.0 Å². The van der Waals surface area contributed by atoms with Gasteiger partial charge in [0.05, 0.1) is 44.8 Å². The topological polar surface area (TPSA) is 397 Å². The molecule has 36 heteroatoms. The number of nitrogens with one attached hydrogen (secondary N) is 1. The molecule has 4 saturated heterocycles. The second-order valence-corrected chi connectivity index (χ2v) is 36.3. The molecule has 7 N–H and O–H groups in total. The number of sulfonamides is 2. The molecule has 0 bridgehead atoms. The van der Waals surface area contributed by atoms with Crippen LogP contribution in [0, 0.1) is 34.6 Å². The molecular weight excluding hydrogens is 1800 g/mol. The largest absolute Gasteiger partial charge is 0.481 e. The van der Waals surface area contributed by atoms with Crippen LogP contribution in [0.2, 0.25) is 25.4 Å². The number of methoxy groups -OCH3 is 2. The summed E-state index contributed by atoms with van der Waals surface area (Å²) in [6, 6.07) is 64.3. The number of tetrazole rings is 1. The molecule has 17 rings (SSSR count). The first-order chi connectivity index (χ1) is 62.1. The molecule has 0 spiro atoms. The first kappa shape index (κ1) is 93.2. The standard InChI is InChI=1S/C25H22ClN5O2.C25H23ClN2O3.C23H23ClN4O5S.C21H18Cl2N4O4S/c1-15-5-3-6-16(2)24(15)33-22-12-17(9-10-21(22)26)19-13-23(32)31(14-19)20-8-4-7-18(11-20)25-27-29-30-28-25;1-15-5-3-6-16(2)24(15)31-22-12-17(9-10-21(22)26)19-13-23(29)28(14-19)20-8-4-7-18(11-20)25(27)30;1-32-21-12-17(26-23(27-21)33-2)10-15-9-14(3-8-20(15)24)16-11-22(29)28(13-16)18-4-6-19(7-5-18)34(25,30)31;1-12-8-19(26-21(23)25-12)31-18-9-13(2-7-17(18)22)14-10-20(28)27(11-14)15-3-5-16(6-4-15)32(24,29)30/h3-12,19H,13-14H2,1-2H3,(H,27,28,29,30);3-12,19H,13-14H2,1-2H3,(H2,27,30);3-9,12,16H,10-11,13H2,1-2H3,(H2,25,30,31);2-9,14H,10-11H2,1H3,(H2,24,29,30)/t2*19-;16-;14-/m0000/s1. The van der Waals surface area contributed by atoms with E-state index >= 15 is 0 Å². The molecule has 0 saturated carbocycles. The molecule has 4 aliphatic rings. The summed E-state index contributed by atoms with van der Waals surface area (Å²) in [5.41, 5.74) is 19.4. The van der Waals surface area contributed by atoms with Crippen molar-refractivity contribution in [3.8, 4) is 57.9 Å². The van der Waals surface area contributed by atoms with E-state index in [-0.39, 0.29) is 80.7 Å². The first-order valence-electron chi connectivity index (χ1n) is 40.6. The monoisotopic (exact) mass is 1890 g/mol. The number of aromatic amines is 1. The Hall–Kier alpha value is -13.0.